The standard InChI is InChI=1S/C11H11ClO3S/c12-10-6-8(13)7-11(10)16(14,15)9-4-2-1-3-5-9/h1-5,7-8,10,13H,6H2/t8-,10+/m1/s1. The topological polar surface area (TPSA) is 54.4 Å². The SMILES string of the molecule is O=S(=O)(C1=C[C@H](O)C[C@@H]1Cl)c1ccccc1. The number of aliphatic hydroxyl groups excluding tert-OH is 1. The van der Waals surface area contributed by atoms with Crippen LogP contribution in [0.3, 0.4) is 0 Å². The van der Waals surface area contributed by atoms with Gasteiger partial charge in [0.15, 0.2) is 0 Å². The molecule has 0 saturated heterocycles. The largest absolute Gasteiger partial charge is 0.389 e. The van der Waals surface area contributed by atoms with Gasteiger partial charge in [-0.05, 0) is 24.6 Å². The average Bonchev–Trinajstić information content (AvgIpc) is 2.60. The van der Waals surface area contributed by atoms with Crippen molar-refractivity contribution in [2.24, 2.45) is 0 Å². The molecule has 0 radical (unpaired) electrons. The van der Waals surface area contributed by atoms with Gasteiger partial charge in [0.1, 0.15) is 0 Å². The van der Waals surface area contributed by atoms with E-state index >= 15 is 0 Å². The molecule has 1 aromatic rings. The second-order valence-corrected chi connectivity index (χ2v) is 6.13. The van der Waals surface area contributed by atoms with E-state index in [0.29, 0.717) is 0 Å². The van der Waals surface area contributed by atoms with E-state index in [4.69, 9.17) is 11.6 Å². The number of benzene rings is 1. The Morgan fingerprint density at radius 2 is 1.88 bits per heavy atom. The molecule has 1 aliphatic rings. The minimum Gasteiger partial charge on any atom is -0.389 e. The molecule has 0 unspecified atom stereocenters. The molecule has 0 fully saturated rings. The fourth-order valence-corrected chi connectivity index (χ4v) is 3.85. The van der Waals surface area contributed by atoms with E-state index in [1.54, 1.807) is 18.2 Å². The Bertz CT molecular complexity index is 507. The van der Waals surface area contributed by atoms with Crippen LogP contribution < -0.4 is 0 Å². The minimum atomic E-state index is -3.55. The maximum atomic E-state index is 12.1. The molecule has 3 nitrogen and oxygen atoms in total. The lowest BCUT2D eigenvalue weighted by Crippen LogP contribution is -2.11. The second-order valence-electron chi connectivity index (χ2n) is 3.66. The van der Waals surface area contributed by atoms with Crippen molar-refractivity contribution in [1.82, 2.24) is 0 Å². The Kier molecular flexibility index (Phi) is 3.06. The molecular weight excluding hydrogens is 248 g/mol. The first-order valence-corrected chi connectivity index (χ1v) is 6.78. The lowest BCUT2D eigenvalue weighted by atomic mass is 10.3. The Hall–Kier alpha value is -0.840. The van der Waals surface area contributed by atoms with Gasteiger partial charge >= 0.3 is 0 Å². The number of aliphatic hydroxyl groups is 1. The quantitative estimate of drug-likeness (QED) is 0.822. The lowest BCUT2D eigenvalue weighted by molar-refractivity contribution is 0.223. The van der Waals surface area contributed by atoms with Crippen molar-refractivity contribution in [3.63, 3.8) is 0 Å². The molecule has 0 spiro atoms. The summed E-state index contributed by atoms with van der Waals surface area (Å²) in [6.07, 6.45) is 0.805. The van der Waals surface area contributed by atoms with E-state index < -0.39 is 21.3 Å². The zero-order chi connectivity index (χ0) is 11.8. The fraction of sp³-hybridized carbons (Fsp3) is 0.273. The van der Waals surface area contributed by atoms with Crippen molar-refractivity contribution < 1.29 is 13.5 Å². The van der Waals surface area contributed by atoms with E-state index in [9.17, 15) is 13.5 Å². The summed E-state index contributed by atoms with van der Waals surface area (Å²) >= 11 is 5.90. The lowest BCUT2D eigenvalue weighted by Gasteiger charge is -2.08. The normalized spacial score (nSPS) is 25.5. The molecule has 2 rings (SSSR count). The van der Waals surface area contributed by atoms with Crippen LogP contribution in [0.15, 0.2) is 46.2 Å². The van der Waals surface area contributed by atoms with Gasteiger partial charge in [0.05, 0.1) is 21.3 Å². The maximum absolute atomic E-state index is 12.1. The summed E-state index contributed by atoms with van der Waals surface area (Å²) in [5.41, 5.74) is 0. The highest BCUT2D eigenvalue weighted by atomic mass is 35.5. The molecule has 0 amide bonds. The Balaban J connectivity index is 2.45. The van der Waals surface area contributed by atoms with Crippen LogP contribution >= 0.6 is 11.6 Å². The van der Waals surface area contributed by atoms with Crippen LogP contribution in [0.4, 0.5) is 0 Å². The van der Waals surface area contributed by atoms with Gasteiger partial charge in [-0.25, -0.2) is 8.42 Å². The number of alkyl halides is 1. The first kappa shape index (κ1) is 11.6. The molecule has 16 heavy (non-hydrogen) atoms. The van der Waals surface area contributed by atoms with Crippen molar-refractivity contribution in [3.8, 4) is 0 Å². The first-order valence-electron chi connectivity index (χ1n) is 4.86. The van der Waals surface area contributed by atoms with Crippen molar-refractivity contribution in [1.29, 1.82) is 0 Å². The molecule has 1 aromatic carbocycles. The van der Waals surface area contributed by atoms with Gasteiger partial charge in [0, 0.05) is 0 Å². The molecule has 2 atom stereocenters. The minimum absolute atomic E-state index is 0.105. The first-order chi connectivity index (χ1) is 7.51. The molecule has 0 bridgehead atoms. The monoisotopic (exact) mass is 258 g/mol. The van der Waals surface area contributed by atoms with Crippen molar-refractivity contribution in [2.45, 2.75) is 22.8 Å². The smallest absolute Gasteiger partial charge is 0.204 e. The van der Waals surface area contributed by atoms with Gasteiger partial charge in [0.25, 0.3) is 0 Å². The van der Waals surface area contributed by atoms with Crippen LogP contribution in [0, 0.1) is 0 Å². The second kappa shape index (κ2) is 4.20. The van der Waals surface area contributed by atoms with Crippen LogP contribution in [0.25, 0.3) is 0 Å². The number of rotatable bonds is 2. The Morgan fingerprint density at radius 3 is 2.38 bits per heavy atom. The predicted molar refractivity (Wildman–Crippen MR) is 62.0 cm³/mol. The molecule has 0 aliphatic heterocycles. The highest BCUT2D eigenvalue weighted by molar-refractivity contribution is 7.95. The van der Waals surface area contributed by atoms with Crippen molar-refractivity contribution in [3.05, 3.63) is 41.3 Å². The van der Waals surface area contributed by atoms with E-state index in [-0.39, 0.29) is 16.2 Å². The maximum Gasteiger partial charge on any atom is 0.204 e. The third-order valence-corrected chi connectivity index (χ3v) is 4.95. The fourth-order valence-electron chi connectivity index (χ4n) is 1.68. The van der Waals surface area contributed by atoms with E-state index in [1.165, 1.54) is 18.2 Å². The van der Waals surface area contributed by atoms with E-state index in [0.717, 1.165) is 0 Å². The van der Waals surface area contributed by atoms with E-state index in [1.807, 2.05) is 0 Å². The van der Waals surface area contributed by atoms with Crippen LogP contribution in [-0.4, -0.2) is 25.0 Å². The summed E-state index contributed by atoms with van der Waals surface area (Å²) in [5.74, 6) is 0. The molecule has 1 N–H and O–H groups in total. The number of allylic oxidation sites excluding steroid dienone is 1. The summed E-state index contributed by atoms with van der Waals surface area (Å²) in [5, 5.41) is 8.72. The van der Waals surface area contributed by atoms with Gasteiger partial charge in [0.2, 0.25) is 9.84 Å². The number of halogens is 1. The van der Waals surface area contributed by atoms with E-state index in [2.05, 4.69) is 0 Å². The van der Waals surface area contributed by atoms with Gasteiger partial charge < -0.3 is 5.11 Å². The van der Waals surface area contributed by atoms with Crippen molar-refractivity contribution in [2.75, 3.05) is 0 Å². The van der Waals surface area contributed by atoms with Crippen LogP contribution in [0.1, 0.15) is 6.42 Å². The summed E-state index contributed by atoms with van der Waals surface area (Å²) in [4.78, 5) is 0.314. The molecule has 5 heteroatoms. The third kappa shape index (κ3) is 2.00. The van der Waals surface area contributed by atoms with Gasteiger partial charge in [-0.1, -0.05) is 18.2 Å². The van der Waals surface area contributed by atoms with Gasteiger partial charge in [-0.2, -0.15) is 0 Å². The Morgan fingerprint density at radius 1 is 1.25 bits per heavy atom. The summed E-state index contributed by atoms with van der Waals surface area (Å²) in [7, 11) is -3.55. The predicted octanol–water partition coefficient (Wildman–Crippen LogP) is 1.72. The zero-order valence-electron chi connectivity index (χ0n) is 8.38. The highest BCUT2D eigenvalue weighted by Crippen LogP contribution is 2.32. The summed E-state index contributed by atoms with van der Waals surface area (Å²) < 4.78 is 24.3. The van der Waals surface area contributed by atoms with Gasteiger partial charge in [-0.3, -0.25) is 0 Å². The number of hydrogen-bond acceptors (Lipinski definition) is 3. The molecule has 1 aliphatic carbocycles. The molecule has 86 valence electrons. The van der Waals surface area contributed by atoms with Gasteiger partial charge in [-0.15, -0.1) is 11.6 Å². The van der Waals surface area contributed by atoms with Crippen LogP contribution in [-0.2, 0) is 9.84 Å². The zero-order valence-corrected chi connectivity index (χ0v) is 9.95. The third-order valence-electron chi connectivity index (χ3n) is 2.48. The highest BCUT2D eigenvalue weighted by Gasteiger charge is 2.33. The number of hydrogen-bond donors (Lipinski definition) is 1. The summed E-state index contributed by atoms with van der Waals surface area (Å²) in [6, 6.07) is 8.09. The molecule has 0 heterocycles. The molecule has 0 aromatic heterocycles. The van der Waals surface area contributed by atoms with Crippen LogP contribution in [0.2, 0.25) is 0 Å². The average molecular weight is 259 g/mol. The Labute approximate surface area is 99.3 Å². The summed E-state index contributed by atoms with van der Waals surface area (Å²) in [6.45, 7) is 0. The van der Waals surface area contributed by atoms with Crippen molar-refractivity contribution >= 4 is 21.4 Å². The molecule has 0 saturated carbocycles. The van der Waals surface area contributed by atoms with Crippen LogP contribution in [0.5, 0.6) is 0 Å². The number of sulfone groups is 1. The molecular formula is C11H11ClO3S.